The summed E-state index contributed by atoms with van der Waals surface area (Å²) in [7, 11) is 0. The number of carbonyl (C=O) groups excluding carboxylic acids is 1. The Bertz CT molecular complexity index is 858. The van der Waals surface area contributed by atoms with Gasteiger partial charge in [0.05, 0.1) is 5.41 Å². The highest BCUT2D eigenvalue weighted by Gasteiger charge is 2.42. The molecule has 2 fully saturated rings. The number of nitrogens with one attached hydrogen (secondary N) is 1. The third-order valence-electron chi connectivity index (χ3n) is 6.09. The van der Waals surface area contributed by atoms with Crippen molar-refractivity contribution in [2.24, 2.45) is 0 Å². The zero-order chi connectivity index (χ0) is 20.3. The lowest BCUT2D eigenvalue weighted by Gasteiger charge is -2.37. The van der Waals surface area contributed by atoms with Crippen molar-refractivity contribution in [2.45, 2.75) is 37.6 Å². The molecule has 0 aromatic heterocycles. The number of amides is 1. The molecule has 1 N–H and O–H groups in total. The second-order valence-electron chi connectivity index (χ2n) is 7.86. The first kappa shape index (κ1) is 20.5. The van der Waals surface area contributed by atoms with E-state index in [0.717, 1.165) is 24.2 Å². The van der Waals surface area contributed by atoms with Crippen LogP contribution < -0.4 is 10.2 Å². The Hall–Kier alpha value is -1.75. The Morgan fingerprint density at radius 3 is 2.38 bits per heavy atom. The van der Waals surface area contributed by atoms with Crippen molar-refractivity contribution in [1.29, 1.82) is 0 Å². The lowest BCUT2D eigenvalue weighted by atomic mass is 9.73. The minimum atomic E-state index is -0.685. The molecule has 0 saturated carbocycles. The van der Waals surface area contributed by atoms with Crippen LogP contribution >= 0.6 is 23.2 Å². The lowest BCUT2D eigenvalue weighted by molar-refractivity contribution is -0.130. The maximum atomic E-state index is 13.3. The van der Waals surface area contributed by atoms with Crippen molar-refractivity contribution in [3.63, 3.8) is 0 Å². The Kier molecular flexibility index (Phi) is 6.33. The van der Waals surface area contributed by atoms with Gasteiger partial charge in [0.25, 0.3) is 0 Å². The maximum Gasteiger partial charge on any atom is 0.231 e. The van der Waals surface area contributed by atoms with Gasteiger partial charge in [0, 0.05) is 48.6 Å². The molecule has 1 amide bonds. The molecular weight excluding hydrogens is 407 g/mol. The van der Waals surface area contributed by atoms with Crippen LogP contribution in [0.4, 0.5) is 5.69 Å². The van der Waals surface area contributed by atoms with Crippen LogP contribution in [0.1, 0.15) is 36.8 Å². The normalized spacial score (nSPS) is 18.6. The van der Waals surface area contributed by atoms with Crippen LogP contribution in [0, 0.1) is 0 Å². The summed E-state index contributed by atoms with van der Waals surface area (Å²) in [5.74, 6) is -0.00589. The number of hydrogen-bond donors (Lipinski definition) is 1. The topological polar surface area (TPSA) is 41.6 Å². The molecule has 0 unspecified atom stereocenters. The van der Waals surface area contributed by atoms with Gasteiger partial charge in [0.15, 0.2) is 0 Å². The summed E-state index contributed by atoms with van der Waals surface area (Å²) >= 11 is 12.6. The molecule has 2 aromatic rings. The third kappa shape index (κ3) is 4.40. The minimum Gasteiger partial charge on any atom is -0.381 e. The number of carbonyl (C=O) groups is 1. The van der Waals surface area contributed by atoms with E-state index >= 15 is 0 Å². The summed E-state index contributed by atoms with van der Waals surface area (Å²) in [6.45, 7) is 3.83. The molecule has 6 heteroatoms. The molecule has 2 aromatic carbocycles. The molecule has 4 rings (SSSR count). The van der Waals surface area contributed by atoms with Crippen LogP contribution in [0.5, 0.6) is 0 Å². The Labute approximate surface area is 182 Å². The van der Waals surface area contributed by atoms with E-state index in [1.54, 1.807) is 12.1 Å². The first-order valence-electron chi connectivity index (χ1n) is 10.2. The summed E-state index contributed by atoms with van der Waals surface area (Å²) in [5.41, 5.74) is 2.49. The van der Waals surface area contributed by atoms with Crippen molar-refractivity contribution in [3.05, 3.63) is 63.6 Å². The first-order valence-corrected chi connectivity index (χ1v) is 11.0. The number of benzene rings is 2. The second kappa shape index (κ2) is 8.95. The van der Waals surface area contributed by atoms with Gasteiger partial charge in [-0.2, -0.15) is 0 Å². The second-order valence-corrected chi connectivity index (χ2v) is 8.71. The molecule has 0 spiro atoms. The van der Waals surface area contributed by atoms with E-state index in [1.807, 2.05) is 6.07 Å². The summed E-state index contributed by atoms with van der Waals surface area (Å²) in [6, 6.07) is 13.9. The van der Waals surface area contributed by atoms with Crippen molar-refractivity contribution < 1.29 is 9.53 Å². The fourth-order valence-electron chi connectivity index (χ4n) is 4.37. The Balaban J connectivity index is 1.48. The largest absolute Gasteiger partial charge is 0.381 e. The Morgan fingerprint density at radius 1 is 1.03 bits per heavy atom. The molecule has 0 aliphatic carbocycles. The molecule has 2 saturated heterocycles. The Morgan fingerprint density at radius 2 is 1.72 bits per heavy atom. The van der Waals surface area contributed by atoms with E-state index in [1.165, 1.54) is 18.5 Å². The van der Waals surface area contributed by atoms with Gasteiger partial charge in [-0.15, -0.1) is 0 Å². The molecule has 2 heterocycles. The van der Waals surface area contributed by atoms with E-state index < -0.39 is 5.41 Å². The lowest BCUT2D eigenvalue weighted by Crippen LogP contribution is -2.48. The predicted molar refractivity (Wildman–Crippen MR) is 118 cm³/mol. The molecule has 0 radical (unpaired) electrons. The summed E-state index contributed by atoms with van der Waals surface area (Å²) < 4.78 is 5.53. The van der Waals surface area contributed by atoms with Gasteiger partial charge in [0.1, 0.15) is 0 Å². The van der Waals surface area contributed by atoms with Gasteiger partial charge < -0.3 is 15.0 Å². The predicted octanol–water partition coefficient (Wildman–Crippen LogP) is 4.96. The average molecular weight is 433 g/mol. The van der Waals surface area contributed by atoms with Gasteiger partial charge in [-0.1, -0.05) is 41.4 Å². The van der Waals surface area contributed by atoms with Crippen molar-refractivity contribution in [1.82, 2.24) is 5.32 Å². The van der Waals surface area contributed by atoms with Crippen LogP contribution in [-0.2, 0) is 21.5 Å². The third-order valence-corrected chi connectivity index (χ3v) is 6.64. The monoisotopic (exact) mass is 432 g/mol. The van der Waals surface area contributed by atoms with E-state index in [-0.39, 0.29) is 5.91 Å². The van der Waals surface area contributed by atoms with Gasteiger partial charge >= 0.3 is 0 Å². The zero-order valence-electron chi connectivity index (χ0n) is 16.4. The fraction of sp³-hybridized carbons (Fsp3) is 0.435. The highest BCUT2D eigenvalue weighted by Crippen LogP contribution is 2.40. The van der Waals surface area contributed by atoms with E-state index in [9.17, 15) is 4.79 Å². The van der Waals surface area contributed by atoms with Crippen LogP contribution in [0.2, 0.25) is 10.0 Å². The summed E-state index contributed by atoms with van der Waals surface area (Å²) in [6.07, 6.45) is 3.73. The maximum absolute atomic E-state index is 13.3. The quantitative estimate of drug-likeness (QED) is 0.725. The highest BCUT2D eigenvalue weighted by molar-refractivity contribution is 6.35. The molecule has 4 nitrogen and oxygen atoms in total. The fourth-order valence-corrected chi connectivity index (χ4v) is 4.96. The van der Waals surface area contributed by atoms with Crippen molar-refractivity contribution in [2.75, 3.05) is 31.2 Å². The molecule has 0 atom stereocenters. The zero-order valence-corrected chi connectivity index (χ0v) is 17.9. The van der Waals surface area contributed by atoms with Gasteiger partial charge in [0.2, 0.25) is 5.91 Å². The van der Waals surface area contributed by atoms with Gasteiger partial charge in [-0.25, -0.2) is 0 Å². The number of halogens is 2. The minimum absolute atomic E-state index is 0.00589. The van der Waals surface area contributed by atoms with E-state index in [2.05, 4.69) is 34.5 Å². The molecule has 2 aliphatic rings. The number of anilines is 1. The number of nitrogens with zero attached hydrogens (tertiary/aromatic N) is 1. The van der Waals surface area contributed by atoms with Crippen LogP contribution in [-0.4, -0.2) is 32.2 Å². The van der Waals surface area contributed by atoms with Crippen LogP contribution in [0.15, 0.2) is 42.5 Å². The molecule has 0 bridgehead atoms. The van der Waals surface area contributed by atoms with Gasteiger partial charge in [-0.05, 0) is 61.1 Å². The van der Waals surface area contributed by atoms with Crippen LogP contribution in [0.25, 0.3) is 0 Å². The average Bonchev–Trinajstić information content (AvgIpc) is 3.28. The van der Waals surface area contributed by atoms with Gasteiger partial charge in [-0.3, -0.25) is 4.79 Å². The molecule has 154 valence electrons. The van der Waals surface area contributed by atoms with Crippen molar-refractivity contribution >= 4 is 34.8 Å². The van der Waals surface area contributed by atoms with Crippen molar-refractivity contribution in [3.8, 4) is 0 Å². The highest BCUT2D eigenvalue weighted by atomic mass is 35.5. The summed E-state index contributed by atoms with van der Waals surface area (Å²) in [5, 5.41) is 4.24. The number of hydrogen-bond acceptors (Lipinski definition) is 3. The molecule has 2 aliphatic heterocycles. The van der Waals surface area contributed by atoms with Crippen LogP contribution in [0.3, 0.4) is 0 Å². The summed E-state index contributed by atoms with van der Waals surface area (Å²) in [4.78, 5) is 15.7. The molecular formula is C23H26Cl2N2O2. The van der Waals surface area contributed by atoms with E-state index in [4.69, 9.17) is 27.9 Å². The molecule has 29 heavy (non-hydrogen) atoms. The SMILES string of the molecule is O=C(NCc1ccc(N2CCCC2)cc1)C1(c2ccc(Cl)cc2Cl)CCOCC1. The number of ether oxygens (including phenoxy) is 1. The smallest absolute Gasteiger partial charge is 0.231 e. The first-order chi connectivity index (χ1) is 14.1. The standard InChI is InChI=1S/C23H26Cl2N2O2/c24-18-5-8-20(21(25)15-18)23(9-13-29-14-10-23)22(28)26-16-17-3-6-19(7-4-17)27-11-1-2-12-27/h3-8,15H,1-2,9-14,16H2,(H,26,28). The van der Waals surface area contributed by atoms with E-state index in [0.29, 0.717) is 42.6 Å². The number of rotatable bonds is 5.